The molecule has 0 unspecified atom stereocenters. The zero-order valence-corrected chi connectivity index (χ0v) is 13.5. The zero-order valence-electron chi connectivity index (χ0n) is 11.1. The molecule has 1 N–H and O–H groups in total. The number of benzene rings is 2. The molecule has 3 aromatic rings. The summed E-state index contributed by atoms with van der Waals surface area (Å²) < 4.78 is 3.38. The highest BCUT2D eigenvalue weighted by Gasteiger charge is 2.08. The van der Waals surface area contributed by atoms with Gasteiger partial charge in [-0.15, -0.1) is 0 Å². The van der Waals surface area contributed by atoms with Crippen LogP contribution in [0.15, 0.2) is 51.7 Å². The number of nitrogens with one attached hydrogen (secondary N) is 1. The molecule has 6 heteroatoms. The van der Waals surface area contributed by atoms with Crippen molar-refractivity contribution in [3.8, 4) is 0 Å². The number of thiazole rings is 1. The van der Waals surface area contributed by atoms with Gasteiger partial charge in [0.25, 0.3) is 5.91 Å². The summed E-state index contributed by atoms with van der Waals surface area (Å²) in [5.41, 5.74) is 2.13. The molecule has 1 heterocycles. The van der Waals surface area contributed by atoms with E-state index in [9.17, 15) is 9.59 Å². The van der Waals surface area contributed by atoms with Crippen molar-refractivity contribution in [2.75, 3.05) is 5.32 Å². The second-order valence-corrected chi connectivity index (χ2v) is 6.48. The summed E-state index contributed by atoms with van der Waals surface area (Å²) in [6, 6.07) is 12.6. The number of amides is 1. The van der Waals surface area contributed by atoms with Gasteiger partial charge in [0.1, 0.15) is 0 Å². The van der Waals surface area contributed by atoms with Gasteiger partial charge in [0, 0.05) is 22.8 Å². The highest BCUT2D eigenvalue weighted by molar-refractivity contribution is 9.10. The van der Waals surface area contributed by atoms with Crippen molar-refractivity contribution in [1.82, 2.24) is 4.57 Å². The first kappa shape index (κ1) is 14.0. The van der Waals surface area contributed by atoms with Gasteiger partial charge in [0.2, 0.25) is 0 Å². The van der Waals surface area contributed by atoms with Crippen LogP contribution in [0.3, 0.4) is 0 Å². The highest BCUT2D eigenvalue weighted by atomic mass is 79.9. The van der Waals surface area contributed by atoms with Crippen LogP contribution < -0.4 is 10.2 Å². The van der Waals surface area contributed by atoms with Crippen molar-refractivity contribution < 1.29 is 4.79 Å². The Labute approximate surface area is 133 Å². The smallest absolute Gasteiger partial charge is 0.307 e. The number of anilines is 1. The van der Waals surface area contributed by atoms with Gasteiger partial charge in [0.15, 0.2) is 0 Å². The first-order valence-corrected chi connectivity index (χ1v) is 7.82. The maximum atomic E-state index is 12.1. The fourth-order valence-electron chi connectivity index (χ4n) is 2.02. The molecule has 0 bridgehead atoms. The molecule has 1 amide bonds. The molecule has 0 saturated carbocycles. The zero-order chi connectivity index (χ0) is 15.0. The van der Waals surface area contributed by atoms with Gasteiger partial charge in [-0.2, -0.15) is 0 Å². The molecule has 4 nitrogen and oxygen atoms in total. The minimum absolute atomic E-state index is 0.0126. The van der Waals surface area contributed by atoms with Crippen LogP contribution in [0.25, 0.3) is 10.2 Å². The lowest BCUT2D eigenvalue weighted by atomic mass is 10.2. The summed E-state index contributed by atoms with van der Waals surface area (Å²) in [5, 5.41) is 2.84. The van der Waals surface area contributed by atoms with Gasteiger partial charge in [-0.3, -0.25) is 9.59 Å². The van der Waals surface area contributed by atoms with Crippen molar-refractivity contribution in [3.63, 3.8) is 0 Å². The summed E-state index contributed by atoms with van der Waals surface area (Å²) >= 11 is 4.50. The lowest BCUT2D eigenvalue weighted by Gasteiger charge is -2.05. The lowest BCUT2D eigenvalue weighted by Crippen LogP contribution is -2.11. The molecular weight excluding hydrogens is 352 g/mol. The summed E-state index contributed by atoms with van der Waals surface area (Å²) in [6.07, 6.45) is 0. The van der Waals surface area contributed by atoms with Crippen molar-refractivity contribution in [2.24, 2.45) is 7.05 Å². The van der Waals surface area contributed by atoms with Crippen LogP contribution >= 0.6 is 27.3 Å². The average Bonchev–Trinajstić information content (AvgIpc) is 2.74. The Morgan fingerprint density at radius 3 is 2.62 bits per heavy atom. The molecule has 1 aromatic heterocycles. The number of carbonyl (C=O) groups is 1. The minimum atomic E-state index is -0.176. The predicted molar refractivity (Wildman–Crippen MR) is 89.2 cm³/mol. The van der Waals surface area contributed by atoms with Crippen LogP contribution in [-0.2, 0) is 7.05 Å². The van der Waals surface area contributed by atoms with E-state index >= 15 is 0 Å². The Morgan fingerprint density at radius 1 is 1.19 bits per heavy atom. The van der Waals surface area contributed by atoms with E-state index in [2.05, 4.69) is 21.2 Å². The van der Waals surface area contributed by atoms with Gasteiger partial charge < -0.3 is 9.88 Å². The van der Waals surface area contributed by atoms with Crippen LogP contribution in [0.1, 0.15) is 10.4 Å². The number of rotatable bonds is 2. The average molecular weight is 363 g/mol. The molecule has 0 fully saturated rings. The summed E-state index contributed by atoms with van der Waals surface area (Å²) in [4.78, 5) is 23.7. The van der Waals surface area contributed by atoms with E-state index in [1.165, 1.54) is 11.3 Å². The number of halogens is 1. The predicted octanol–water partition coefficient (Wildman–Crippen LogP) is 3.61. The Bertz CT molecular complexity index is 881. The number of hydrogen-bond acceptors (Lipinski definition) is 3. The Morgan fingerprint density at radius 2 is 1.90 bits per heavy atom. The second kappa shape index (κ2) is 5.46. The summed E-state index contributed by atoms with van der Waals surface area (Å²) in [6.45, 7) is 0. The number of nitrogens with zero attached hydrogens (tertiary/aromatic N) is 1. The SMILES string of the molecule is Cn1c(=O)sc2cc(NC(=O)c3ccc(Br)cc3)ccc21. The van der Waals surface area contributed by atoms with Crippen molar-refractivity contribution in [2.45, 2.75) is 0 Å². The quantitative estimate of drug-likeness (QED) is 0.756. The van der Waals surface area contributed by atoms with Gasteiger partial charge in [0.05, 0.1) is 10.2 Å². The van der Waals surface area contributed by atoms with E-state index in [-0.39, 0.29) is 10.8 Å². The summed E-state index contributed by atoms with van der Waals surface area (Å²) in [5.74, 6) is -0.176. The second-order valence-electron chi connectivity index (χ2n) is 4.57. The van der Waals surface area contributed by atoms with Crippen LogP contribution in [0.2, 0.25) is 0 Å². The molecule has 3 rings (SSSR count). The third-order valence-electron chi connectivity index (χ3n) is 3.16. The topological polar surface area (TPSA) is 51.1 Å². The van der Waals surface area contributed by atoms with E-state index in [1.54, 1.807) is 29.8 Å². The molecule has 0 aliphatic carbocycles. The molecule has 0 radical (unpaired) electrons. The molecule has 0 spiro atoms. The molecule has 0 saturated heterocycles. The van der Waals surface area contributed by atoms with E-state index in [1.807, 2.05) is 24.3 Å². The minimum Gasteiger partial charge on any atom is -0.322 e. The van der Waals surface area contributed by atoms with Gasteiger partial charge in [-0.05, 0) is 42.5 Å². The third kappa shape index (κ3) is 2.77. The highest BCUT2D eigenvalue weighted by Crippen LogP contribution is 2.21. The molecule has 0 aliphatic heterocycles. The number of aromatic nitrogens is 1. The van der Waals surface area contributed by atoms with E-state index in [4.69, 9.17) is 0 Å². The first-order valence-electron chi connectivity index (χ1n) is 6.21. The molecule has 2 aromatic carbocycles. The summed E-state index contributed by atoms with van der Waals surface area (Å²) in [7, 11) is 1.74. The number of carbonyl (C=O) groups excluding carboxylic acids is 1. The van der Waals surface area contributed by atoms with Crippen LogP contribution in [0, 0.1) is 0 Å². The molecule has 0 aliphatic rings. The Balaban J connectivity index is 1.89. The standard InChI is InChI=1S/C15H11BrN2O2S/c1-18-12-7-6-11(8-13(12)21-15(18)20)17-14(19)9-2-4-10(16)5-3-9/h2-8H,1H3,(H,17,19). The molecule has 0 atom stereocenters. The number of fused-ring (bicyclic) bond motifs is 1. The van der Waals surface area contributed by atoms with Gasteiger partial charge >= 0.3 is 4.87 Å². The third-order valence-corrected chi connectivity index (χ3v) is 4.68. The van der Waals surface area contributed by atoms with Crippen LogP contribution in [0.4, 0.5) is 5.69 Å². The van der Waals surface area contributed by atoms with Gasteiger partial charge in [-0.1, -0.05) is 27.3 Å². The number of hydrogen-bond donors (Lipinski definition) is 1. The molecule has 21 heavy (non-hydrogen) atoms. The fraction of sp³-hybridized carbons (Fsp3) is 0.0667. The van der Waals surface area contributed by atoms with Gasteiger partial charge in [-0.25, -0.2) is 0 Å². The van der Waals surface area contributed by atoms with E-state index in [0.29, 0.717) is 11.3 Å². The molecular formula is C15H11BrN2O2S. The van der Waals surface area contributed by atoms with Crippen LogP contribution in [-0.4, -0.2) is 10.5 Å². The monoisotopic (exact) mass is 362 g/mol. The normalized spacial score (nSPS) is 10.8. The maximum absolute atomic E-state index is 12.1. The van der Waals surface area contributed by atoms with Crippen molar-refractivity contribution in [3.05, 3.63) is 62.2 Å². The lowest BCUT2D eigenvalue weighted by molar-refractivity contribution is 0.102. The number of aryl methyl sites for hydroxylation is 1. The Hall–Kier alpha value is -1.92. The molecule has 106 valence electrons. The fourth-order valence-corrected chi connectivity index (χ4v) is 3.20. The van der Waals surface area contributed by atoms with Crippen molar-refractivity contribution in [1.29, 1.82) is 0 Å². The van der Waals surface area contributed by atoms with E-state index < -0.39 is 0 Å². The largest absolute Gasteiger partial charge is 0.322 e. The van der Waals surface area contributed by atoms with E-state index in [0.717, 1.165) is 14.7 Å². The van der Waals surface area contributed by atoms with Crippen molar-refractivity contribution >= 4 is 49.1 Å². The Kier molecular flexibility index (Phi) is 3.65. The maximum Gasteiger partial charge on any atom is 0.307 e. The van der Waals surface area contributed by atoms with Crippen LogP contribution in [0.5, 0.6) is 0 Å². The first-order chi connectivity index (χ1) is 10.0.